The first-order chi connectivity index (χ1) is 23.0. The van der Waals surface area contributed by atoms with Gasteiger partial charge in [0.1, 0.15) is 13.2 Å². The van der Waals surface area contributed by atoms with Crippen LogP contribution >= 0.6 is 7.82 Å². The fraction of sp³-hybridized carbons (Fsp3) is 0.923. The van der Waals surface area contributed by atoms with Crippen molar-refractivity contribution in [3.8, 4) is 0 Å². The number of likely N-dealkylation sites (N-methyl/N-ethyl adjacent to an activating group) is 1. The monoisotopic (exact) mass is 704 g/mol. The highest BCUT2D eigenvalue weighted by molar-refractivity contribution is 7.47. The van der Waals surface area contributed by atoms with Crippen LogP contribution in [0.15, 0.2) is 12.2 Å². The van der Waals surface area contributed by atoms with Crippen molar-refractivity contribution in [2.24, 2.45) is 0 Å². The second-order valence-corrected chi connectivity index (χ2v) is 16.5. The number of hydrogen-bond acceptors (Lipinski definition) is 5. The van der Waals surface area contributed by atoms with E-state index in [0.29, 0.717) is 17.4 Å². The molecular formula is C39H80N2O6P+. The third-order valence-electron chi connectivity index (χ3n) is 9.01. The Morgan fingerprint density at radius 3 is 1.54 bits per heavy atom. The molecule has 0 saturated heterocycles. The molecule has 3 atom stereocenters. The predicted octanol–water partition coefficient (Wildman–Crippen LogP) is 10.4. The molecule has 0 aromatic heterocycles. The maximum absolute atomic E-state index is 12.8. The Kier molecular flexibility index (Phi) is 31.7. The molecule has 0 fully saturated rings. The van der Waals surface area contributed by atoms with Gasteiger partial charge in [0.05, 0.1) is 39.9 Å². The molecule has 0 aromatic carbocycles. The average Bonchev–Trinajstić information content (AvgIpc) is 3.02. The van der Waals surface area contributed by atoms with E-state index >= 15 is 0 Å². The largest absolute Gasteiger partial charge is 0.472 e. The highest BCUT2D eigenvalue weighted by Gasteiger charge is 2.27. The van der Waals surface area contributed by atoms with Crippen LogP contribution in [0.1, 0.15) is 181 Å². The number of carbonyl (C=O) groups is 1. The first-order valence-electron chi connectivity index (χ1n) is 20.1. The van der Waals surface area contributed by atoms with Gasteiger partial charge in [-0.1, -0.05) is 167 Å². The van der Waals surface area contributed by atoms with E-state index < -0.39 is 20.0 Å². The van der Waals surface area contributed by atoms with Gasteiger partial charge in [-0.05, 0) is 19.3 Å². The molecule has 3 N–H and O–H groups in total. The van der Waals surface area contributed by atoms with Crippen LogP contribution in [0.4, 0.5) is 0 Å². The zero-order valence-electron chi connectivity index (χ0n) is 32.2. The third-order valence-corrected chi connectivity index (χ3v) is 9.99. The number of hydrogen-bond donors (Lipinski definition) is 3. The number of phosphoric acid groups is 1. The van der Waals surface area contributed by atoms with Crippen LogP contribution in [-0.4, -0.2) is 73.4 Å². The standard InChI is InChI=1S/C39H79N2O6P/c1-6-8-10-12-14-16-18-20-22-24-26-28-30-32-38(42)37(36-47-48(44,45)46-35-34-41(3,4)5)40-39(43)33-31-29-27-25-23-21-19-17-15-13-11-9-7-2/h30,32,37-38,42H,6-29,31,33-36H2,1-5H3,(H-,40,43,44,45)/p+1/b32-30+/t37-,38-/m0/s1. The second kappa shape index (κ2) is 32.2. The van der Waals surface area contributed by atoms with Crippen molar-refractivity contribution in [3.05, 3.63) is 12.2 Å². The molecule has 0 rings (SSSR count). The van der Waals surface area contributed by atoms with Gasteiger partial charge in [-0.15, -0.1) is 0 Å². The summed E-state index contributed by atoms with van der Waals surface area (Å²) in [4.78, 5) is 23.0. The average molecular weight is 704 g/mol. The minimum atomic E-state index is -4.32. The van der Waals surface area contributed by atoms with Crippen LogP contribution < -0.4 is 5.32 Å². The number of phosphoric ester groups is 1. The van der Waals surface area contributed by atoms with Crippen molar-refractivity contribution in [1.29, 1.82) is 0 Å². The van der Waals surface area contributed by atoms with E-state index in [1.165, 1.54) is 122 Å². The molecule has 0 saturated carbocycles. The maximum atomic E-state index is 12.8. The molecule has 0 aliphatic rings. The molecule has 0 aliphatic carbocycles. The molecular weight excluding hydrogens is 623 g/mol. The Balaban J connectivity index is 4.50. The minimum Gasteiger partial charge on any atom is -0.387 e. The molecule has 0 radical (unpaired) electrons. The summed E-state index contributed by atoms with van der Waals surface area (Å²) < 4.78 is 23.5. The Bertz CT molecular complexity index is 804. The van der Waals surface area contributed by atoms with Crippen molar-refractivity contribution in [2.45, 2.75) is 193 Å². The van der Waals surface area contributed by atoms with Crippen molar-refractivity contribution in [3.63, 3.8) is 0 Å². The normalized spacial score (nSPS) is 14.7. The lowest BCUT2D eigenvalue weighted by Gasteiger charge is -2.25. The van der Waals surface area contributed by atoms with Gasteiger partial charge < -0.3 is 19.8 Å². The van der Waals surface area contributed by atoms with E-state index in [-0.39, 0.29) is 19.1 Å². The van der Waals surface area contributed by atoms with Gasteiger partial charge in [-0.25, -0.2) is 4.57 Å². The van der Waals surface area contributed by atoms with E-state index in [1.807, 2.05) is 27.2 Å². The summed E-state index contributed by atoms with van der Waals surface area (Å²) in [6, 6.07) is -0.837. The molecule has 0 heterocycles. The lowest BCUT2D eigenvalue weighted by Crippen LogP contribution is -2.45. The lowest BCUT2D eigenvalue weighted by molar-refractivity contribution is -0.870. The number of aliphatic hydroxyl groups excluding tert-OH is 1. The number of unbranched alkanes of at least 4 members (excludes halogenated alkanes) is 23. The number of quaternary nitrogens is 1. The van der Waals surface area contributed by atoms with E-state index in [1.54, 1.807) is 6.08 Å². The zero-order chi connectivity index (χ0) is 35.8. The quantitative estimate of drug-likeness (QED) is 0.0260. The number of nitrogens with zero attached hydrogens (tertiary/aromatic N) is 1. The Morgan fingerprint density at radius 2 is 1.10 bits per heavy atom. The lowest BCUT2D eigenvalue weighted by atomic mass is 10.0. The molecule has 0 aliphatic heterocycles. The van der Waals surface area contributed by atoms with Gasteiger partial charge in [0, 0.05) is 6.42 Å². The first kappa shape index (κ1) is 47.2. The van der Waals surface area contributed by atoms with Crippen molar-refractivity contribution >= 4 is 13.7 Å². The van der Waals surface area contributed by atoms with Crippen LogP contribution in [0.25, 0.3) is 0 Å². The van der Waals surface area contributed by atoms with Gasteiger partial charge >= 0.3 is 7.82 Å². The van der Waals surface area contributed by atoms with E-state index in [2.05, 4.69) is 19.2 Å². The summed E-state index contributed by atoms with van der Waals surface area (Å²) in [5.74, 6) is -0.178. The maximum Gasteiger partial charge on any atom is 0.472 e. The molecule has 286 valence electrons. The molecule has 0 spiro atoms. The van der Waals surface area contributed by atoms with Gasteiger partial charge in [0.2, 0.25) is 5.91 Å². The summed E-state index contributed by atoms with van der Waals surface area (Å²) in [5, 5.41) is 13.8. The predicted molar refractivity (Wildman–Crippen MR) is 203 cm³/mol. The molecule has 9 heteroatoms. The number of amides is 1. The van der Waals surface area contributed by atoms with E-state index in [9.17, 15) is 19.4 Å². The Morgan fingerprint density at radius 1 is 0.688 bits per heavy atom. The van der Waals surface area contributed by atoms with Crippen LogP contribution in [0.3, 0.4) is 0 Å². The van der Waals surface area contributed by atoms with Crippen molar-refractivity contribution in [2.75, 3.05) is 40.9 Å². The van der Waals surface area contributed by atoms with Crippen LogP contribution in [0.5, 0.6) is 0 Å². The minimum absolute atomic E-state index is 0.0643. The summed E-state index contributed by atoms with van der Waals surface area (Å²) in [6.07, 6.45) is 34.1. The molecule has 48 heavy (non-hydrogen) atoms. The molecule has 0 bridgehead atoms. The van der Waals surface area contributed by atoms with Crippen molar-refractivity contribution in [1.82, 2.24) is 5.32 Å². The summed E-state index contributed by atoms with van der Waals surface area (Å²) >= 11 is 0. The highest BCUT2D eigenvalue weighted by Crippen LogP contribution is 2.43. The van der Waals surface area contributed by atoms with Crippen LogP contribution in [-0.2, 0) is 18.4 Å². The molecule has 1 amide bonds. The third kappa shape index (κ3) is 33.7. The Labute approximate surface area is 297 Å². The number of carbonyl (C=O) groups excluding carboxylic acids is 1. The summed E-state index contributed by atoms with van der Waals surface area (Å²) in [6.45, 7) is 4.80. The first-order valence-corrected chi connectivity index (χ1v) is 21.6. The topological polar surface area (TPSA) is 105 Å². The summed E-state index contributed by atoms with van der Waals surface area (Å²) in [5.41, 5.74) is 0. The molecule has 8 nitrogen and oxygen atoms in total. The van der Waals surface area contributed by atoms with Gasteiger partial charge in [0.15, 0.2) is 0 Å². The highest BCUT2D eigenvalue weighted by atomic mass is 31.2. The van der Waals surface area contributed by atoms with Gasteiger partial charge in [0.25, 0.3) is 0 Å². The fourth-order valence-corrected chi connectivity index (χ4v) is 6.48. The molecule has 0 aromatic rings. The van der Waals surface area contributed by atoms with Crippen LogP contribution in [0.2, 0.25) is 0 Å². The second-order valence-electron chi connectivity index (χ2n) is 15.0. The van der Waals surface area contributed by atoms with E-state index in [0.717, 1.165) is 38.5 Å². The number of nitrogens with one attached hydrogen (secondary N) is 1. The SMILES string of the molecule is CCCCCCCCCCCCC/C=C/[C@H](O)[C@H](COP(=O)(O)OCC[N+](C)(C)C)NC(=O)CCCCCCCCCCCCCCC. The summed E-state index contributed by atoms with van der Waals surface area (Å²) in [7, 11) is 1.58. The Hall–Kier alpha value is -0.760. The molecule has 1 unspecified atom stereocenters. The van der Waals surface area contributed by atoms with E-state index in [4.69, 9.17) is 9.05 Å². The number of aliphatic hydroxyl groups is 1. The smallest absolute Gasteiger partial charge is 0.387 e. The van der Waals surface area contributed by atoms with Gasteiger partial charge in [-0.3, -0.25) is 13.8 Å². The zero-order valence-corrected chi connectivity index (χ0v) is 33.1. The van der Waals surface area contributed by atoms with Crippen LogP contribution in [0, 0.1) is 0 Å². The fourth-order valence-electron chi connectivity index (χ4n) is 5.75. The number of rotatable bonds is 36. The van der Waals surface area contributed by atoms with Gasteiger partial charge in [-0.2, -0.15) is 0 Å². The number of allylic oxidation sites excluding steroid dienone is 1. The van der Waals surface area contributed by atoms with Crippen molar-refractivity contribution < 1.29 is 32.9 Å².